The maximum Gasteiger partial charge on any atom is 0.287 e. The zero-order chi connectivity index (χ0) is 26.7. The van der Waals surface area contributed by atoms with Crippen LogP contribution in [0, 0.1) is 34.6 Å². The summed E-state index contributed by atoms with van der Waals surface area (Å²) in [4.78, 5) is 13.3. The third-order valence-corrected chi connectivity index (χ3v) is 7.57. The van der Waals surface area contributed by atoms with E-state index in [1.54, 1.807) is 20.3 Å². The average molecular weight is 498 g/mol. The monoisotopic (exact) mass is 497 g/mol. The molecule has 1 N–H and O–H groups in total. The molecule has 1 aromatic heterocycles. The molecule has 4 aromatic rings. The van der Waals surface area contributed by atoms with Gasteiger partial charge in [-0.2, -0.15) is 0 Å². The van der Waals surface area contributed by atoms with Crippen LogP contribution < -0.4 is 14.8 Å². The Morgan fingerprint density at radius 2 is 1.16 bits per heavy atom. The number of carbonyl (C=O) groups excluding carboxylic acids is 1. The molecule has 0 fully saturated rings. The van der Waals surface area contributed by atoms with Crippen molar-refractivity contribution in [2.75, 3.05) is 14.2 Å². The predicted octanol–water partition coefficient (Wildman–Crippen LogP) is 6.95. The van der Waals surface area contributed by atoms with Gasteiger partial charge in [0.25, 0.3) is 5.91 Å². The number of rotatable bonds is 8. The highest BCUT2D eigenvalue weighted by Crippen LogP contribution is 2.29. The number of methoxy groups -OCH3 is 2. The molecule has 3 aromatic carbocycles. The Hall–Kier alpha value is -3.99. The Labute approximate surface area is 219 Å². The van der Waals surface area contributed by atoms with E-state index >= 15 is 0 Å². The molecule has 1 heterocycles. The first kappa shape index (κ1) is 26.1. The van der Waals surface area contributed by atoms with Crippen LogP contribution in [0.3, 0.4) is 0 Å². The fraction of sp³-hybridized carbons (Fsp3) is 0.281. The molecule has 37 heavy (non-hydrogen) atoms. The molecule has 0 atom stereocenters. The van der Waals surface area contributed by atoms with Crippen molar-refractivity contribution < 1.29 is 18.7 Å². The highest BCUT2D eigenvalue weighted by Gasteiger charge is 2.21. The van der Waals surface area contributed by atoms with E-state index in [0.29, 0.717) is 6.42 Å². The number of ether oxygens (including phenoxy) is 2. The van der Waals surface area contributed by atoms with E-state index in [2.05, 4.69) is 39.9 Å². The fourth-order valence-electron chi connectivity index (χ4n) is 4.77. The molecule has 0 aliphatic rings. The third kappa shape index (κ3) is 5.41. The number of hydrogen-bond donors (Lipinski definition) is 1. The van der Waals surface area contributed by atoms with Crippen LogP contribution in [-0.2, 0) is 6.42 Å². The van der Waals surface area contributed by atoms with Gasteiger partial charge in [0.2, 0.25) is 0 Å². The normalized spacial score (nSPS) is 11.0. The molecule has 1 amide bonds. The molecule has 0 spiro atoms. The van der Waals surface area contributed by atoms with E-state index in [0.717, 1.165) is 28.4 Å². The molecular formula is C32H35NO4. The van der Waals surface area contributed by atoms with Crippen molar-refractivity contribution in [2.24, 2.45) is 0 Å². The molecule has 0 unspecified atom stereocenters. The Morgan fingerprint density at radius 3 is 1.62 bits per heavy atom. The van der Waals surface area contributed by atoms with Crippen molar-refractivity contribution in [2.45, 2.75) is 47.1 Å². The first-order valence-electron chi connectivity index (χ1n) is 12.5. The quantitative estimate of drug-likeness (QED) is 0.286. The van der Waals surface area contributed by atoms with E-state index in [1.807, 2.05) is 54.6 Å². The molecule has 0 aliphatic carbocycles. The minimum absolute atomic E-state index is 0.271. The second-order valence-corrected chi connectivity index (χ2v) is 9.50. The molecule has 0 radical (unpaired) electrons. The highest BCUT2D eigenvalue weighted by molar-refractivity contribution is 5.92. The van der Waals surface area contributed by atoms with Crippen molar-refractivity contribution in [3.63, 3.8) is 0 Å². The standard InChI is InChI=1S/C32H35NO4/c1-19-20(2)22(4)29(23(5)21(19)3)18-28-16-17-30(37-28)32(34)33-31(24-8-12-26(35-6)13-9-24)25-10-14-27(36-7)15-11-25/h8-17,31H,18H2,1-7H3,(H,33,34). The van der Waals surface area contributed by atoms with E-state index in [1.165, 1.54) is 33.4 Å². The number of amides is 1. The topological polar surface area (TPSA) is 60.7 Å². The zero-order valence-electron chi connectivity index (χ0n) is 22.7. The Morgan fingerprint density at radius 1 is 0.703 bits per heavy atom. The molecule has 5 nitrogen and oxygen atoms in total. The van der Waals surface area contributed by atoms with Crippen molar-refractivity contribution in [3.8, 4) is 11.5 Å². The average Bonchev–Trinajstić information content (AvgIpc) is 3.41. The van der Waals surface area contributed by atoms with Gasteiger partial charge in [-0.25, -0.2) is 0 Å². The summed E-state index contributed by atoms with van der Waals surface area (Å²) >= 11 is 0. The van der Waals surface area contributed by atoms with Crippen LogP contribution in [0.5, 0.6) is 11.5 Å². The van der Waals surface area contributed by atoms with Gasteiger partial charge in [-0.1, -0.05) is 24.3 Å². The van der Waals surface area contributed by atoms with Crippen LogP contribution in [0.1, 0.15) is 66.9 Å². The molecule has 0 aliphatic heterocycles. The fourth-order valence-corrected chi connectivity index (χ4v) is 4.77. The van der Waals surface area contributed by atoms with Gasteiger partial charge in [0.1, 0.15) is 17.3 Å². The smallest absolute Gasteiger partial charge is 0.287 e. The van der Waals surface area contributed by atoms with Crippen LogP contribution in [0.2, 0.25) is 0 Å². The first-order chi connectivity index (χ1) is 17.7. The minimum atomic E-state index is -0.371. The largest absolute Gasteiger partial charge is 0.497 e. The Kier molecular flexibility index (Phi) is 7.72. The highest BCUT2D eigenvalue weighted by atomic mass is 16.5. The van der Waals surface area contributed by atoms with Crippen LogP contribution >= 0.6 is 0 Å². The zero-order valence-corrected chi connectivity index (χ0v) is 22.7. The minimum Gasteiger partial charge on any atom is -0.497 e. The summed E-state index contributed by atoms with van der Waals surface area (Å²) in [6, 6.07) is 18.6. The number of furan rings is 1. The summed E-state index contributed by atoms with van der Waals surface area (Å²) in [5.41, 5.74) is 9.64. The van der Waals surface area contributed by atoms with Crippen molar-refractivity contribution in [1.29, 1.82) is 0 Å². The van der Waals surface area contributed by atoms with Crippen LogP contribution in [-0.4, -0.2) is 20.1 Å². The first-order valence-corrected chi connectivity index (χ1v) is 12.5. The molecule has 0 saturated carbocycles. The Balaban J connectivity index is 1.60. The number of benzene rings is 3. The summed E-state index contributed by atoms with van der Waals surface area (Å²) in [7, 11) is 3.27. The summed E-state index contributed by atoms with van der Waals surface area (Å²) in [5.74, 6) is 2.30. The molecule has 4 rings (SSSR count). The van der Waals surface area contributed by atoms with Crippen molar-refractivity contribution >= 4 is 5.91 Å². The summed E-state index contributed by atoms with van der Waals surface area (Å²) in [5, 5.41) is 3.15. The van der Waals surface area contributed by atoms with Crippen molar-refractivity contribution in [1.82, 2.24) is 5.32 Å². The van der Waals surface area contributed by atoms with Crippen LogP contribution in [0.25, 0.3) is 0 Å². The number of nitrogens with one attached hydrogen (secondary N) is 1. The molecular weight excluding hydrogens is 462 g/mol. The maximum absolute atomic E-state index is 13.3. The van der Waals surface area contributed by atoms with Gasteiger partial charge in [0.05, 0.1) is 20.3 Å². The maximum atomic E-state index is 13.3. The molecule has 0 saturated heterocycles. The lowest BCUT2D eigenvalue weighted by Gasteiger charge is -2.20. The van der Waals surface area contributed by atoms with Gasteiger partial charge in [0.15, 0.2) is 5.76 Å². The Bertz CT molecular complexity index is 1320. The van der Waals surface area contributed by atoms with Gasteiger partial charge >= 0.3 is 0 Å². The lowest BCUT2D eigenvalue weighted by molar-refractivity contribution is 0.0913. The number of hydrogen-bond acceptors (Lipinski definition) is 4. The third-order valence-electron chi connectivity index (χ3n) is 7.57. The van der Waals surface area contributed by atoms with Crippen molar-refractivity contribution in [3.05, 3.63) is 117 Å². The molecule has 5 heteroatoms. The van der Waals surface area contributed by atoms with E-state index in [9.17, 15) is 4.79 Å². The number of carbonyl (C=O) groups is 1. The summed E-state index contributed by atoms with van der Waals surface area (Å²) in [6.45, 7) is 10.8. The van der Waals surface area contributed by atoms with Crippen LogP contribution in [0.15, 0.2) is 65.1 Å². The van der Waals surface area contributed by atoms with E-state index in [4.69, 9.17) is 13.9 Å². The lowest BCUT2D eigenvalue weighted by Crippen LogP contribution is -2.29. The SMILES string of the molecule is COc1ccc(C(NC(=O)c2ccc(Cc3c(C)c(C)c(C)c(C)c3C)o2)c2ccc(OC)cc2)cc1. The predicted molar refractivity (Wildman–Crippen MR) is 147 cm³/mol. The van der Waals surface area contributed by atoms with Gasteiger partial charge in [0, 0.05) is 6.42 Å². The second-order valence-electron chi connectivity index (χ2n) is 9.50. The van der Waals surface area contributed by atoms with E-state index < -0.39 is 0 Å². The summed E-state index contributed by atoms with van der Waals surface area (Å²) in [6.07, 6.45) is 0.646. The van der Waals surface area contributed by atoms with Gasteiger partial charge in [-0.3, -0.25) is 4.79 Å². The molecule has 0 bridgehead atoms. The molecule has 192 valence electrons. The van der Waals surface area contributed by atoms with Gasteiger partial charge in [-0.15, -0.1) is 0 Å². The van der Waals surface area contributed by atoms with E-state index in [-0.39, 0.29) is 17.7 Å². The lowest BCUT2D eigenvalue weighted by atomic mass is 9.88. The van der Waals surface area contributed by atoms with Crippen LogP contribution in [0.4, 0.5) is 0 Å². The summed E-state index contributed by atoms with van der Waals surface area (Å²) < 4.78 is 16.7. The second kappa shape index (κ2) is 11.0. The van der Waals surface area contributed by atoms with Gasteiger partial charge in [-0.05, 0) is 116 Å². The van der Waals surface area contributed by atoms with Gasteiger partial charge < -0.3 is 19.2 Å².